The Hall–Kier alpha value is -4.01. The van der Waals surface area contributed by atoms with E-state index in [0.717, 1.165) is 11.8 Å². The highest BCUT2D eigenvalue weighted by Gasteiger charge is 2.34. The minimum Gasteiger partial charge on any atom is -0.444 e. The number of pyridine rings is 1. The molecule has 0 atom stereocenters. The van der Waals surface area contributed by atoms with Gasteiger partial charge in [0.15, 0.2) is 5.69 Å². The fourth-order valence-corrected chi connectivity index (χ4v) is 4.79. The van der Waals surface area contributed by atoms with Crippen LogP contribution in [0.2, 0.25) is 0 Å². The number of nitrogens with zero attached hydrogens (tertiary/aromatic N) is 5. The number of amides is 2. The van der Waals surface area contributed by atoms with E-state index in [0.29, 0.717) is 63.6 Å². The first-order valence-corrected chi connectivity index (χ1v) is 13.2. The average molecular weight is 559 g/mol. The molecule has 1 aromatic carbocycles. The number of carbonyl (C=O) groups excluding carboxylic acids is 2. The van der Waals surface area contributed by atoms with Crippen molar-refractivity contribution >= 4 is 34.9 Å². The van der Waals surface area contributed by atoms with Gasteiger partial charge < -0.3 is 24.8 Å². The van der Waals surface area contributed by atoms with E-state index in [1.165, 1.54) is 12.1 Å². The van der Waals surface area contributed by atoms with Gasteiger partial charge in [-0.3, -0.25) is 4.79 Å². The molecule has 0 radical (unpaired) electrons. The van der Waals surface area contributed by atoms with Crippen molar-refractivity contribution in [3.05, 3.63) is 53.5 Å². The first-order valence-electron chi connectivity index (χ1n) is 13.2. The van der Waals surface area contributed by atoms with Crippen LogP contribution in [0.4, 0.5) is 40.8 Å². The number of carbonyl (C=O) groups is 2. The van der Waals surface area contributed by atoms with Gasteiger partial charge >= 0.3 is 12.3 Å². The van der Waals surface area contributed by atoms with Crippen LogP contribution >= 0.6 is 0 Å². The van der Waals surface area contributed by atoms with Crippen LogP contribution in [0.3, 0.4) is 0 Å². The molecular formula is C28H33F3N6O3. The number of alkyl halides is 3. The van der Waals surface area contributed by atoms with Crippen LogP contribution in [0.1, 0.15) is 39.2 Å². The maximum absolute atomic E-state index is 13.3. The third-order valence-corrected chi connectivity index (χ3v) is 6.93. The van der Waals surface area contributed by atoms with Crippen molar-refractivity contribution in [2.75, 3.05) is 54.4 Å². The standard InChI is InChI=1S/C28H33F3N6O3/c1-27(2,3)40-26(39)37-15-13-36(14-16-37)21-6-8-24(33-18-21)34-25(38)19-9-11-35(12-10-19)20-5-7-23(32-4)22(17-20)28(29,30)31/h5-8,17-19H,9-16H2,1-3H3,(H,33,34,38). The molecule has 2 aliphatic heterocycles. The lowest BCUT2D eigenvalue weighted by Crippen LogP contribution is -2.50. The molecule has 3 heterocycles. The molecule has 12 heteroatoms. The lowest BCUT2D eigenvalue weighted by Gasteiger charge is -2.36. The van der Waals surface area contributed by atoms with E-state index in [1.54, 1.807) is 17.2 Å². The number of benzene rings is 1. The third kappa shape index (κ3) is 7.14. The Morgan fingerprint density at radius 1 is 0.975 bits per heavy atom. The van der Waals surface area contributed by atoms with Crippen LogP contribution in [0.25, 0.3) is 4.85 Å². The molecule has 4 rings (SSSR count). The van der Waals surface area contributed by atoms with Gasteiger partial charge in [-0.25, -0.2) is 14.6 Å². The van der Waals surface area contributed by atoms with E-state index < -0.39 is 23.0 Å². The number of halogens is 3. The molecule has 2 saturated heterocycles. The number of anilines is 3. The van der Waals surface area contributed by atoms with Gasteiger partial charge in [0.25, 0.3) is 0 Å². The van der Waals surface area contributed by atoms with E-state index in [4.69, 9.17) is 11.3 Å². The highest BCUT2D eigenvalue weighted by molar-refractivity contribution is 5.92. The third-order valence-electron chi connectivity index (χ3n) is 6.93. The number of nitrogens with one attached hydrogen (secondary N) is 1. The van der Waals surface area contributed by atoms with Gasteiger partial charge in [-0.15, -0.1) is 0 Å². The summed E-state index contributed by atoms with van der Waals surface area (Å²) in [7, 11) is 0. The SMILES string of the molecule is [C-]#[N+]c1ccc(N2CCC(C(=O)Nc3ccc(N4CCN(C(=O)OC(C)(C)C)CC4)cn3)CC2)cc1C(F)(F)F. The van der Waals surface area contributed by atoms with Crippen LogP contribution in [-0.4, -0.2) is 66.8 Å². The molecule has 40 heavy (non-hydrogen) atoms. The number of hydrogen-bond acceptors (Lipinski definition) is 6. The van der Waals surface area contributed by atoms with Crippen molar-refractivity contribution in [1.82, 2.24) is 9.88 Å². The number of piperidine rings is 1. The number of aromatic nitrogens is 1. The van der Waals surface area contributed by atoms with E-state index in [1.807, 2.05) is 31.7 Å². The second kappa shape index (κ2) is 11.6. The molecule has 214 valence electrons. The lowest BCUT2D eigenvalue weighted by molar-refractivity contribution is -0.136. The molecule has 2 aromatic rings. The van der Waals surface area contributed by atoms with E-state index in [9.17, 15) is 22.8 Å². The van der Waals surface area contributed by atoms with Crippen LogP contribution in [-0.2, 0) is 15.7 Å². The van der Waals surface area contributed by atoms with Crippen molar-refractivity contribution in [3.63, 3.8) is 0 Å². The predicted octanol–water partition coefficient (Wildman–Crippen LogP) is 5.56. The Balaban J connectivity index is 1.27. The van der Waals surface area contributed by atoms with E-state index >= 15 is 0 Å². The van der Waals surface area contributed by atoms with Gasteiger partial charge in [0.2, 0.25) is 5.91 Å². The zero-order chi connectivity index (χ0) is 29.1. The van der Waals surface area contributed by atoms with Crippen LogP contribution in [0.5, 0.6) is 0 Å². The highest BCUT2D eigenvalue weighted by atomic mass is 19.4. The van der Waals surface area contributed by atoms with Gasteiger partial charge in [0.1, 0.15) is 11.4 Å². The second-order valence-electron chi connectivity index (χ2n) is 10.9. The van der Waals surface area contributed by atoms with Gasteiger partial charge in [-0.2, -0.15) is 13.2 Å². The van der Waals surface area contributed by atoms with Gasteiger partial charge in [0, 0.05) is 50.9 Å². The van der Waals surface area contributed by atoms with Gasteiger partial charge in [-0.05, 0) is 57.9 Å². The second-order valence-corrected chi connectivity index (χ2v) is 10.9. The van der Waals surface area contributed by atoms with Gasteiger partial charge in [-0.1, -0.05) is 6.07 Å². The summed E-state index contributed by atoms with van der Waals surface area (Å²) in [4.78, 5) is 38.1. The fraction of sp³-hybridized carbons (Fsp3) is 0.500. The smallest absolute Gasteiger partial charge is 0.410 e. The summed E-state index contributed by atoms with van der Waals surface area (Å²) in [5.41, 5.74) is -0.631. The summed E-state index contributed by atoms with van der Waals surface area (Å²) in [6, 6.07) is 7.34. The highest BCUT2D eigenvalue weighted by Crippen LogP contribution is 2.39. The lowest BCUT2D eigenvalue weighted by atomic mass is 9.95. The quantitative estimate of drug-likeness (QED) is 0.495. The largest absolute Gasteiger partial charge is 0.444 e. The summed E-state index contributed by atoms with van der Waals surface area (Å²) >= 11 is 0. The molecule has 0 unspecified atom stereocenters. The summed E-state index contributed by atoms with van der Waals surface area (Å²) in [5, 5.41) is 2.85. The Labute approximate surface area is 231 Å². The molecule has 2 amide bonds. The predicted molar refractivity (Wildman–Crippen MR) is 146 cm³/mol. The van der Waals surface area contributed by atoms with Crippen molar-refractivity contribution < 1.29 is 27.5 Å². The first kappa shape index (κ1) is 29.0. The number of hydrogen-bond donors (Lipinski definition) is 1. The summed E-state index contributed by atoms with van der Waals surface area (Å²) in [5.74, 6) is -0.0402. The van der Waals surface area contributed by atoms with Gasteiger partial charge in [0.05, 0.1) is 24.0 Å². The normalized spacial score (nSPS) is 16.9. The molecule has 0 aliphatic carbocycles. The summed E-state index contributed by atoms with van der Waals surface area (Å²) < 4.78 is 45.5. The fourth-order valence-electron chi connectivity index (χ4n) is 4.79. The summed E-state index contributed by atoms with van der Waals surface area (Å²) in [6.07, 6.45) is -2.27. The molecular weight excluding hydrogens is 525 g/mol. The maximum atomic E-state index is 13.3. The van der Waals surface area contributed by atoms with Crippen LogP contribution in [0, 0.1) is 12.5 Å². The zero-order valence-corrected chi connectivity index (χ0v) is 22.8. The zero-order valence-electron chi connectivity index (χ0n) is 22.8. The van der Waals surface area contributed by atoms with Crippen molar-refractivity contribution in [2.45, 2.75) is 45.4 Å². The summed E-state index contributed by atoms with van der Waals surface area (Å²) in [6.45, 7) is 15.7. The molecule has 9 nitrogen and oxygen atoms in total. The molecule has 2 aliphatic rings. The molecule has 0 bridgehead atoms. The number of ether oxygens (including phenoxy) is 1. The Morgan fingerprint density at radius 2 is 1.60 bits per heavy atom. The molecule has 0 spiro atoms. The Morgan fingerprint density at radius 3 is 2.15 bits per heavy atom. The number of rotatable bonds is 4. The average Bonchev–Trinajstić information content (AvgIpc) is 2.92. The molecule has 2 fully saturated rings. The molecule has 1 aromatic heterocycles. The monoisotopic (exact) mass is 558 g/mol. The van der Waals surface area contributed by atoms with Crippen molar-refractivity contribution in [3.8, 4) is 0 Å². The Kier molecular flexibility index (Phi) is 8.42. The topological polar surface area (TPSA) is 82.4 Å². The number of piperazine rings is 1. The van der Waals surface area contributed by atoms with Crippen LogP contribution < -0.4 is 15.1 Å². The van der Waals surface area contributed by atoms with E-state index in [2.05, 4.69) is 20.0 Å². The minimum absolute atomic E-state index is 0.176. The molecule has 1 N–H and O–H groups in total. The Bertz CT molecular complexity index is 1250. The van der Waals surface area contributed by atoms with Crippen molar-refractivity contribution in [2.24, 2.45) is 5.92 Å². The maximum Gasteiger partial charge on any atom is 0.410 e. The molecule has 0 saturated carbocycles. The van der Waals surface area contributed by atoms with Crippen molar-refractivity contribution in [1.29, 1.82) is 0 Å². The first-order chi connectivity index (χ1) is 18.8. The van der Waals surface area contributed by atoms with E-state index in [-0.39, 0.29) is 17.9 Å². The minimum atomic E-state index is -4.61. The van der Waals surface area contributed by atoms with Crippen LogP contribution in [0.15, 0.2) is 36.5 Å².